The zero-order chi connectivity index (χ0) is 22.5. The van der Waals surface area contributed by atoms with Crippen molar-refractivity contribution in [3.63, 3.8) is 0 Å². The van der Waals surface area contributed by atoms with Crippen molar-refractivity contribution in [3.8, 4) is 17.6 Å². The third-order valence-corrected chi connectivity index (χ3v) is 4.04. The zero-order valence-corrected chi connectivity index (χ0v) is 17.3. The van der Waals surface area contributed by atoms with Crippen LogP contribution in [-0.4, -0.2) is 38.5 Å². The van der Waals surface area contributed by atoms with E-state index in [-0.39, 0.29) is 25.5 Å². The second-order valence-corrected chi connectivity index (χ2v) is 6.18. The number of carbonyl (C=O) groups is 2. The van der Waals surface area contributed by atoms with Crippen LogP contribution in [-0.2, 0) is 9.53 Å². The average Bonchev–Trinajstić information content (AvgIpc) is 2.78. The van der Waals surface area contributed by atoms with E-state index in [1.54, 1.807) is 25.1 Å². The van der Waals surface area contributed by atoms with Gasteiger partial charge in [0.15, 0.2) is 18.1 Å². The molecule has 2 rings (SSSR count). The monoisotopic (exact) mass is 424 g/mol. The van der Waals surface area contributed by atoms with Crippen LogP contribution in [0.15, 0.2) is 53.6 Å². The first-order chi connectivity index (χ1) is 15.1. The number of hydrogen-bond acceptors (Lipinski definition) is 7. The number of rotatable bonds is 10. The molecule has 0 spiro atoms. The third-order valence-electron chi connectivity index (χ3n) is 4.04. The van der Waals surface area contributed by atoms with Gasteiger partial charge in [0, 0.05) is 0 Å². The summed E-state index contributed by atoms with van der Waals surface area (Å²) < 4.78 is 15.4. The average molecular weight is 424 g/mol. The SMILES string of the molecule is CCOC(=O)N[C@@H](CC(=O)N/N=C\c1ccc(OCC#N)c(OC)c1)c1ccccc1. The molecular formula is C22H24N4O5. The van der Waals surface area contributed by atoms with Crippen LogP contribution in [0.2, 0.25) is 0 Å². The molecule has 9 heteroatoms. The molecule has 2 N–H and O–H groups in total. The fraction of sp³-hybridized carbons (Fsp3) is 0.273. The van der Waals surface area contributed by atoms with Crippen molar-refractivity contribution in [1.29, 1.82) is 5.26 Å². The minimum atomic E-state index is -0.599. The minimum Gasteiger partial charge on any atom is -0.493 e. The predicted octanol–water partition coefficient (Wildman–Crippen LogP) is 2.93. The Balaban J connectivity index is 2.00. The van der Waals surface area contributed by atoms with Gasteiger partial charge in [-0.15, -0.1) is 0 Å². The summed E-state index contributed by atoms with van der Waals surface area (Å²) in [6.45, 7) is 1.84. The van der Waals surface area contributed by atoms with Gasteiger partial charge in [0.1, 0.15) is 6.07 Å². The normalized spacial score (nSPS) is 11.3. The summed E-state index contributed by atoms with van der Waals surface area (Å²) in [6.07, 6.45) is 0.827. The summed E-state index contributed by atoms with van der Waals surface area (Å²) in [5, 5.41) is 15.3. The maximum atomic E-state index is 12.4. The number of hydrogen-bond donors (Lipinski definition) is 2. The van der Waals surface area contributed by atoms with Crippen molar-refractivity contribution < 1.29 is 23.8 Å². The Morgan fingerprint density at radius 2 is 1.97 bits per heavy atom. The molecule has 2 amide bonds. The summed E-state index contributed by atoms with van der Waals surface area (Å²) >= 11 is 0. The Morgan fingerprint density at radius 1 is 1.19 bits per heavy atom. The Labute approximate surface area is 180 Å². The van der Waals surface area contributed by atoms with Crippen molar-refractivity contribution >= 4 is 18.2 Å². The molecule has 2 aromatic rings. The summed E-state index contributed by atoms with van der Waals surface area (Å²) in [7, 11) is 1.48. The number of ether oxygens (including phenoxy) is 3. The maximum absolute atomic E-state index is 12.4. The Morgan fingerprint density at radius 3 is 2.65 bits per heavy atom. The molecule has 0 fully saturated rings. The fourth-order valence-corrected chi connectivity index (χ4v) is 2.66. The van der Waals surface area contributed by atoms with Crippen LogP contribution < -0.4 is 20.2 Å². The Hall–Kier alpha value is -4.06. The van der Waals surface area contributed by atoms with Crippen molar-refractivity contribution in [2.45, 2.75) is 19.4 Å². The second kappa shape index (κ2) is 12.5. The molecule has 31 heavy (non-hydrogen) atoms. The van der Waals surface area contributed by atoms with E-state index in [9.17, 15) is 9.59 Å². The number of hydrazone groups is 1. The molecule has 0 aliphatic rings. The molecule has 162 valence electrons. The molecule has 1 atom stereocenters. The summed E-state index contributed by atoms with van der Waals surface area (Å²) in [4.78, 5) is 24.2. The summed E-state index contributed by atoms with van der Waals surface area (Å²) in [5.41, 5.74) is 3.88. The van der Waals surface area contributed by atoms with Crippen molar-refractivity contribution in [2.75, 3.05) is 20.3 Å². The third kappa shape index (κ3) is 7.70. The molecule has 0 heterocycles. The largest absolute Gasteiger partial charge is 0.493 e. The molecule has 0 aliphatic carbocycles. The van der Waals surface area contributed by atoms with E-state index in [1.807, 2.05) is 36.4 Å². The van der Waals surface area contributed by atoms with Crippen LogP contribution >= 0.6 is 0 Å². The van der Waals surface area contributed by atoms with Crippen molar-refractivity contribution in [1.82, 2.24) is 10.7 Å². The molecule has 0 aliphatic heterocycles. The highest BCUT2D eigenvalue weighted by molar-refractivity contribution is 5.83. The van der Waals surface area contributed by atoms with E-state index in [1.165, 1.54) is 13.3 Å². The van der Waals surface area contributed by atoms with E-state index in [0.29, 0.717) is 17.1 Å². The van der Waals surface area contributed by atoms with Crippen LogP contribution in [0.1, 0.15) is 30.5 Å². The van der Waals surface area contributed by atoms with E-state index in [0.717, 1.165) is 5.56 Å². The summed E-state index contributed by atoms with van der Waals surface area (Å²) in [5.74, 6) is 0.483. The highest BCUT2D eigenvalue weighted by Crippen LogP contribution is 2.27. The van der Waals surface area contributed by atoms with Gasteiger partial charge in [-0.25, -0.2) is 10.2 Å². The fourth-order valence-electron chi connectivity index (χ4n) is 2.66. The lowest BCUT2D eigenvalue weighted by molar-refractivity contribution is -0.121. The molecule has 0 radical (unpaired) electrons. The molecule has 2 aromatic carbocycles. The van der Waals surface area contributed by atoms with Crippen LogP contribution in [0.3, 0.4) is 0 Å². The van der Waals surface area contributed by atoms with Crippen molar-refractivity contribution in [3.05, 3.63) is 59.7 Å². The van der Waals surface area contributed by atoms with Gasteiger partial charge in [-0.2, -0.15) is 10.4 Å². The number of benzene rings is 2. The lowest BCUT2D eigenvalue weighted by Crippen LogP contribution is -2.33. The van der Waals surface area contributed by atoms with Crippen LogP contribution in [0.5, 0.6) is 11.5 Å². The number of alkyl carbamates (subject to hydrolysis) is 1. The summed E-state index contributed by atoms with van der Waals surface area (Å²) in [6, 6.07) is 15.5. The zero-order valence-electron chi connectivity index (χ0n) is 17.3. The van der Waals surface area contributed by atoms with E-state index in [4.69, 9.17) is 19.5 Å². The van der Waals surface area contributed by atoms with Crippen LogP contribution in [0.4, 0.5) is 4.79 Å². The second-order valence-electron chi connectivity index (χ2n) is 6.18. The quantitative estimate of drug-likeness (QED) is 0.447. The topological polar surface area (TPSA) is 122 Å². The number of methoxy groups -OCH3 is 1. The molecule has 0 unspecified atom stereocenters. The molecular weight excluding hydrogens is 400 g/mol. The van der Waals surface area contributed by atoms with E-state index >= 15 is 0 Å². The van der Waals surface area contributed by atoms with Gasteiger partial charge in [-0.05, 0) is 36.2 Å². The highest BCUT2D eigenvalue weighted by atomic mass is 16.5. The first-order valence-electron chi connectivity index (χ1n) is 9.55. The first kappa shape index (κ1) is 23.2. The van der Waals surface area contributed by atoms with Crippen LogP contribution in [0, 0.1) is 11.3 Å². The van der Waals surface area contributed by atoms with Gasteiger partial charge in [0.05, 0.1) is 32.4 Å². The number of carbonyl (C=O) groups excluding carboxylic acids is 2. The maximum Gasteiger partial charge on any atom is 0.407 e. The van der Waals surface area contributed by atoms with Gasteiger partial charge in [-0.3, -0.25) is 4.79 Å². The molecule has 9 nitrogen and oxygen atoms in total. The van der Waals surface area contributed by atoms with Gasteiger partial charge >= 0.3 is 6.09 Å². The standard InChI is InChI=1S/C22H24N4O5/c1-3-30-22(28)25-18(17-7-5-4-6-8-17)14-21(27)26-24-15-16-9-10-19(31-12-11-23)20(13-16)29-2/h4-10,13,15,18H,3,12,14H2,1-2H3,(H,25,28)(H,26,27)/b24-15-/t18-/m0/s1. The lowest BCUT2D eigenvalue weighted by atomic mass is 10.0. The molecule has 0 aromatic heterocycles. The smallest absolute Gasteiger partial charge is 0.407 e. The Kier molecular flexibility index (Phi) is 9.36. The lowest BCUT2D eigenvalue weighted by Gasteiger charge is -2.18. The van der Waals surface area contributed by atoms with Gasteiger partial charge in [0.2, 0.25) is 5.91 Å². The van der Waals surface area contributed by atoms with E-state index < -0.39 is 12.1 Å². The first-order valence-corrected chi connectivity index (χ1v) is 9.55. The number of nitrogens with zero attached hydrogens (tertiary/aromatic N) is 2. The van der Waals surface area contributed by atoms with Crippen LogP contribution in [0.25, 0.3) is 0 Å². The number of amides is 2. The number of nitrogens with one attached hydrogen (secondary N) is 2. The minimum absolute atomic E-state index is 0.0234. The Bertz CT molecular complexity index is 941. The highest BCUT2D eigenvalue weighted by Gasteiger charge is 2.18. The van der Waals surface area contributed by atoms with Gasteiger partial charge in [0.25, 0.3) is 0 Å². The predicted molar refractivity (Wildman–Crippen MR) is 114 cm³/mol. The van der Waals surface area contributed by atoms with Gasteiger partial charge in [-0.1, -0.05) is 30.3 Å². The van der Waals surface area contributed by atoms with E-state index in [2.05, 4.69) is 15.8 Å². The molecule has 0 saturated heterocycles. The van der Waals surface area contributed by atoms with Crippen molar-refractivity contribution in [2.24, 2.45) is 5.10 Å². The molecule has 0 bridgehead atoms. The molecule has 0 saturated carbocycles. The number of nitriles is 1. The van der Waals surface area contributed by atoms with Gasteiger partial charge < -0.3 is 19.5 Å².